The third-order valence-electron chi connectivity index (χ3n) is 5.50. The van der Waals surface area contributed by atoms with Crippen molar-refractivity contribution >= 4 is 6.09 Å². The van der Waals surface area contributed by atoms with E-state index in [2.05, 4.69) is 5.32 Å². The number of aliphatic hydroxyl groups excluding tert-OH is 1. The van der Waals surface area contributed by atoms with Crippen molar-refractivity contribution in [2.24, 2.45) is 5.92 Å². The Morgan fingerprint density at radius 1 is 1.42 bits per heavy atom. The van der Waals surface area contributed by atoms with Gasteiger partial charge in [-0.15, -0.1) is 0 Å². The number of likely N-dealkylation sites (tertiary alicyclic amines) is 1. The van der Waals surface area contributed by atoms with E-state index >= 15 is 0 Å². The van der Waals surface area contributed by atoms with Crippen LogP contribution in [-0.2, 0) is 9.47 Å². The number of carbonyl (C=O) groups excluding carboxylic acids is 1. The summed E-state index contributed by atoms with van der Waals surface area (Å²) in [5.74, 6) is 0.660. The molecular formula is C18H32N2O4. The second-order valence-corrected chi connectivity index (χ2v) is 8.64. The van der Waals surface area contributed by atoms with Gasteiger partial charge in [0, 0.05) is 19.2 Å². The smallest absolute Gasteiger partial charge is 0.410 e. The zero-order valence-corrected chi connectivity index (χ0v) is 15.2. The normalized spacial score (nSPS) is 36.2. The van der Waals surface area contributed by atoms with E-state index in [1.54, 1.807) is 4.90 Å². The topological polar surface area (TPSA) is 71.0 Å². The second-order valence-electron chi connectivity index (χ2n) is 8.64. The maximum absolute atomic E-state index is 12.3. The molecule has 1 saturated carbocycles. The number of ether oxygens (including phenoxy) is 2. The van der Waals surface area contributed by atoms with E-state index < -0.39 is 5.60 Å². The Balaban J connectivity index is 1.48. The highest BCUT2D eigenvalue weighted by Gasteiger charge is 2.50. The summed E-state index contributed by atoms with van der Waals surface area (Å²) < 4.78 is 11.6. The summed E-state index contributed by atoms with van der Waals surface area (Å²) in [6, 6.07) is 0.301. The highest BCUT2D eigenvalue weighted by molar-refractivity contribution is 5.68. The Hall–Kier alpha value is -0.850. The number of hydrogen-bond acceptors (Lipinski definition) is 5. The molecule has 138 valence electrons. The summed E-state index contributed by atoms with van der Waals surface area (Å²) >= 11 is 0. The molecule has 2 aliphatic heterocycles. The van der Waals surface area contributed by atoms with Gasteiger partial charge < -0.3 is 24.8 Å². The second kappa shape index (κ2) is 6.81. The van der Waals surface area contributed by atoms with Crippen molar-refractivity contribution in [3.8, 4) is 0 Å². The molecule has 1 spiro atoms. The van der Waals surface area contributed by atoms with Gasteiger partial charge in [0.05, 0.1) is 12.6 Å². The number of rotatable bonds is 4. The van der Waals surface area contributed by atoms with E-state index in [0.717, 1.165) is 45.3 Å². The molecule has 2 N–H and O–H groups in total. The molecule has 24 heavy (non-hydrogen) atoms. The molecular weight excluding hydrogens is 308 g/mol. The van der Waals surface area contributed by atoms with Crippen molar-refractivity contribution < 1.29 is 19.4 Å². The van der Waals surface area contributed by atoms with Gasteiger partial charge in [-0.25, -0.2) is 4.79 Å². The minimum Gasteiger partial charge on any atom is -0.444 e. The molecule has 1 amide bonds. The molecule has 6 heteroatoms. The van der Waals surface area contributed by atoms with Crippen molar-refractivity contribution in [1.82, 2.24) is 10.2 Å². The van der Waals surface area contributed by atoms with Crippen molar-refractivity contribution in [2.45, 2.75) is 76.2 Å². The first-order chi connectivity index (χ1) is 11.3. The molecule has 0 aromatic heterocycles. The Kier molecular flexibility index (Phi) is 5.09. The highest BCUT2D eigenvalue weighted by Crippen LogP contribution is 2.36. The molecule has 2 heterocycles. The van der Waals surface area contributed by atoms with E-state index in [1.165, 1.54) is 0 Å². The summed E-state index contributed by atoms with van der Waals surface area (Å²) in [6.45, 7) is 8.70. The molecule has 6 nitrogen and oxygen atoms in total. The maximum Gasteiger partial charge on any atom is 0.410 e. The van der Waals surface area contributed by atoms with Gasteiger partial charge in [0.15, 0.2) is 0 Å². The van der Waals surface area contributed by atoms with Crippen molar-refractivity contribution in [3.05, 3.63) is 0 Å². The molecule has 3 aliphatic rings. The van der Waals surface area contributed by atoms with Crippen LogP contribution in [0.3, 0.4) is 0 Å². The van der Waals surface area contributed by atoms with Crippen molar-refractivity contribution in [3.63, 3.8) is 0 Å². The Bertz CT molecular complexity index is 458. The zero-order valence-electron chi connectivity index (χ0n) is 15.2. The molecule has 3 rings (SSSR count). The first kappa shape index (κ1) is 18.0. The number of carbonyl (C=O) groups is 1. The summed E-state index contributed by atoms with van der Waals surface area (Å²) in [4.78, 5) is 14.1. The van der Waals surface area contributed by atoms with Gasteiger partial charge in [-0.2, -0.15) is 0 Å². The summed E-state index contributed by atoms with van der Waals surface area (Å²) in [5, 5.41) is 13.0. The van der Waals surface area contributed by atoms with Crippen LogP contribution in [0.15, 0.2) is 0 Å². The highest BCUT2D eigenvalue weighted by atomic mass is 16.6. The third-order valence-corrected chi connectivity index (χ3v) is 5.50. The lowest BCUT2D eigenvalue weighted by molar-refractivity contribution is -0.0105. The summed E-state index contributed by atoms with van der Waals surface area (Å²) in [5.41, 5.74) is -0.718. The van der Waals surface area contributed by atoms with Gasteiger partial charge in [-0.05, 0) is 65.3 Å². The minimum atomic E-state index is -0.464. The van der Waals surface area contributed by atoms with Crippen LogP contribution in [0.1, 0.15) is 52.9 Å². The first-order valence-corrected chi connectivity index (χ1v) is 9.31. The first-order valence-electron chi connectivity index (χ1n) is 9.31. The van der Waals surface area contributed by atoms with Crippen LogP contribution in [0.2, 0.25) is 0 Å². The van der Waals surface area contributed by atoms with Gasteiger partial charge in [0.1, 0.15) is 11.2 Å². The maximum atomic E-state index is 12.3. The Morgan fingerprint density at radius 3 is 2.83 bits per heavy atom. The minimum absolute atomic E-state index is 0.0756. The Morgan fingerprint density at radius 2 is 2.17 bits per heavy atom. The van der Waals surface area contributed by atoms with E-state index in [4.69, 9.17) is 9.47 Å². The largest absolute Gasteiger partial charge is 0.444 e. The van der Waals surface area contributed by atoms with Gasteiger partial charge >= 0.3 is 6.09 Å². The molecule has 0 radical (unpaired) electrons. The van der Waals surface area contributed by atoms with Crippen LogP contribution >= 0.6 is 0 Å². The number of nitrogens with one attached hydrogen (secondary N) is 1. The van der Waals surface area contributed by atoms with Gasteiger partial charge in [0.25, 0.3) is 0 Å². The molecule has 0 bridgehead atoms. The van der Waals surface area contributed by atoms with Gasteiger partial charge in [0.2, 0.25) is 0 Å². The van der Waals surface area contributed by atoms with Gasteiger partial charge in [-0.3, -0.25) is 0 Å². The van der Waals surface area contributed by atoms with Gasteiger partial charge in [-0.1, -0.05) is 0 Å². The standard InChI is InChI=1S/C18H32N2O4/c1-17(2,3)24-16(22)20-8-6-18(12-20)15(5-9-23-18)19-7-4-13-10-14(21)11-13/h13-15,19,21H,4-12H2,1-3H3. The van der Waals surface area contributed by atoms with Crippen molar-refractivity contribution in [1.29, 1.82) is 0 Å². The van der Waals surface area contributed by atoms with Crippen LogP contribution in [0.4, 0.5) is 4.79 Å². The predicted molar refractivity (Wildman–Crippen MR) is 90.9 cm³/mol. The monoisotopic (exact) mass is 340 g/mol. The van der Waals surface area contributed by atoms with E-state index in [1.807, 2.05) is 20.8 Å². The van der Waals surface area contributed by atoms with Crippen molar-refractivity contribution in [2.75, 3.05) is 26.2 Å². The average Bonchev–Trinajstić information content (AvgIpc) is 3.04. The quantitative estimate of drug-likeness (QED) is 0.818. The van der Waals surface area contributed by atoms with Crippen LogP contribution in [0.5, 0.6) is 0 Å². The molecule has 0 aromatic rings. The lowest BCUT2D eigenvalue weighted by Gasteiger charge is -2.34. The predicted octanol–water partition coefficient (Wildman–Crippen LogP) is 1.91. The molecule has 3 fully saturated rings. The number of aliphatic hydroxyl groups is 1. The zero-order chi connectivity index (χ0) is 17.4. The molecule has 0 aromatic carbocycles. The fourth-order valence-corrected chi connectivity index (χ4v) is 4.12. The lowest BCUT2D eigenvalue weighted by atomic mass is 9.80. The number of nitrogens with zero attached hydrogens (tertiary/aromatic N) is 1. The van der Waals surface area contributed by atoms with E-state index in [9.17, 15) is 9.90 Å². The summed E-state index contributed by atoms with van der Waals surface area (Å²) in [6.07, 6.45) is 4.55. The number of amides is 1. The van der Waals surface area contributed by atoms with Crippen LogP contribution in [0, 0.1) is 5.92 Å². The third kappa shape index (κ3) is 4.03. The van der Waals surface area contributed by atoms with E-state index in [-0.39, 0.29) is 17.8 Å². The average molecular weight is 340 g/mol. The Labute approximate surface area is 144 Å². The molecule has 2 atom stereocenters. The molecule has 1 aliphatic carbocycles. The lowest BCUT2D eigenvalue weighted by Crippen LogP contribution is -2.51. The van der Waals surface area contributed by atoms with Crippen LogP contribution < -0.4 is 5.32 Å². The van der Waals surface area contributed by atoms with E-state index in [0.29, 0.717) is 25.0 Å². The molecule has 2 saturated heterocycles. The fraction of sp³-hybridized carbons (Fsp3) is 0.944. The number of hydrogen-bond donors (Lipinski definition) is 2. The fourth-order valence-electron chi connectivity index (χ4n) is 4.12. The SMILES string of the molecule is CC(C)(C)OC(=O)N1CCC2(C1)OCCC2NCCC1CC(O)C1. The van der Waals surface area contributed by atoms with Crippen LogP contribution in [0.25, 0.3) is 0 Å². The van der Waals surface area contributed by atoms with Crippen LogP contribution in [-0.4, -0.2) is 65.7 Å². The molecule has 2 unspecified atom stereocenters. The summed E-state index contributed by atoms with van der Waals surface area (Å²) in [7, 11) is 0.